The predicted molar refractivity (Wildman–Crippen MR) is 68.6 cm³/mol. The average molecular weight is 243 g/mol. The normalized spacial score (nSPS) is 13.0. The maximum absolute atomic E-state index is 8.88. The molecular formula is C11H21N3OS. The van der Waals surface area contributed by atoms with Crippen LogP contribution >= 0.6 is 11.8 Å². The number of hydrogen-bond donors (Lipinski definition) is 2. The number of aryl methyl sites for hydroxylation is 2. The van der Waals surface area contributed by atoms with Gasteiger partial charge in [-0.15, -0.1) is 11.8 Å². The van der Waals surface area contributed by atoms with Gasteiger partial charge in [-0.3, -0.25) is 4.68 Å². The summed E-state index contributed by atoms with van der Waals surface area (Å²) in [7, 11) is 1.92. The third-order valence-corrected chi connectivity index (χ3v) is 3.79. The Morgan fingerprint density at radius 3 is 2.81 bits per heavy atom. The highest BCUT2D eigenvalue weighted by atomic mass is 32.2. The smallest absolute Gasteiger partial charge is 0.117 e. The largest absolute Gasteiger partial charge is 0.396 e. The molecule has 1 heterocycles. The summed E-state index contributed by atoms with van der Waals surface area (Å²) >= 11 is 1.68. The number of nitrogens with zero attached hydrogens (tertiary/aromatic N) is 2. The number of aromatic nitrogens is 2. The summed E-state index contributed by atoms with van der Waals surface area (Å²) in [6, 6.07) is 0. The summed E-state index contributed by atoms with van der Waals surface area (Å²) in [5.41, 5.74) is 7.86. The summed E-state index contributed by atoms with van der Waals surface area (Å²) in [6.45, 7) is 4.43. The third-order valence-electron chi connectivity index (χ3n) is 2.44. The number of nitrogens with two attached hydrogens (primary N) is 1. The Kier molecular flexibility index (Phi) is 5.15. The highest BCUT2D eigenvalue weighted by Crippen LogP contribution is 2.32. The van der Waals surface area contributed by atoms with E-state index in [1.165, 1.54) is 0 Å². The lowest BCUT2D eigenvalue weighted by Gasteiger charge is -2.09. The van der Waals surface area contributed by atoms with E-state index in [1.54, 1.807) is 11.8 Å². The Morgan fingerprint density at radius 2 is 2.25 bits per heavy atom. The topological polar surface area (TPSA) is 64.1 Å². The summed E-state index contributed by atoms with van der Waals surface area (Å²) in [4.78, 5) is 0. The van der Waals surface area contributed by atoms with E-state index in [0.29, 0.717) is 5.25 Å². The van der Waals surface area contributed by atoms with Crippen LogP contribution in [-0.4, -0.2) is 26.7 Å². The lowest BCUT2D eigenvalue weighted by atomic mass is 10.2. The molecule has 1 unspecified atom stereocenters. The van der Waals surface area contributed by atoms with Gasteiger partial charge in [-0.05, 0) is 12.8 Å². The van der Waals surface area contributed by atoms with Crippen LogP contribution in [0.5, 0.6) is 0 Å². The Labute approximate surface area is 101 Å². The molecule has 0 aromatic carbocycles. The quantitative estimate of drug-likeness (QED) is 0.748. The van der Waals surface area contributed by atoms with Crippen molar-refractivity contribution in [1.82, 2.24) is 9.78 Å². The van der Waals surface area contributed by atoms with Gasteiger partial charge in [0, 0.05) is 18.9 Å². The van der Waals surface area contributed by atoms with Gasteiger partial charge >= 0.3 is 0 Å². The Morgan fingerprint density at radius 1 is 1.56 bits per heavy atom. The van der Waals surface area contributed by atoms with Crippen molar-refractivity contribution in [3.05, 3.63) is 5.69 Å². The zero-order chi connectivity index (χ0) is 12.1. The fourth-order valence-corrected chi connectivity index (χ4v) is 2.61. The van der Waals surface area contributed by atoms with E-state index in [-0.39, 0.29) is 6.61 Å². The Bertz CT molecular complexity index is 338. The van der Waals surface area contributed by atoms with Gasteiger partial charge in [-0.1, -0.05) is 20.3 Å². The van der Waals surface area contributed by atoms with E-state index >= 15 is 0 Å². The maximum atomic E-state index is 8.88. The van der Waals surface area contributed by atoms with Gasteiger partial charge in [0.1, 0.15) is 5.03 Å². The van der Waals surface area contributed by atoms with E-state index in [2.05, 4.69) is 18.9 Å². The first kappa shape index (κ1) is 13.4. The van der Waals surface area contributed by atoms with Gasteiger partial charge < -0.3 is 10.8 Å². The molecule has 5 heteroatoms. The van der Waals surface area contributed by atoms with Gasteiger partial charge in [-0.2, -0.15) is 5.10 Å². The molecule has 0 radical (unpaired) electrons. The standard InChI is InChI=1S/C11H21N3OS/c1-4-5-9-10(12)11(14(3)13-9)16-8(2)6-7-15/h8,15H,4-7,12H2,1-3H3. The van der Waals surface area contributed by atoms with Crippen LogP contribution in [0.3, 0.4) is 0 Å². The molecule has 3 N–H and O–H groups in total. The minimum absolute atomic E-state index is 0.216. The molecule has 0 saturated heterocycles. The molecule has 0 aliphatic carbocycles. The SMILES string of the molecule is CCCc1nn(C)c(SC(C)CCO)c1N. The van der Waals surface area contributed by atoms with Crippen molar-refractivity contribution in [2.24, 2.45) is 7.05 Å². The van der Waals surface area contributed by atoms with Gasteiger partial charge in [0.05, 0.1) is 11.4 Å². The second-order valence-corrected chi connectivity index (χ2v) is 5.41. The Balaban J connectivity index is 2.79. The highest BCUT2D eigenvalue weighted by Gasteiger charge is 2.15. The molecule has 0 saturated carbocycles. The summed E-state index contributed by atoms with van der Waals surface area (Å²) in [6.07, 6.45) is 2.75. The molecule has 0 amide bonds. The summed E-state index contributed by atoms with van der Waals surface area (Å²) in [5, 5.41) is 14.7. The zero-order valence-corrected chi connectivity index (χ0v) is 11.0. The monoisotopic (exact) mass is 243 g/mol. The summed E-state index contributed by atoms with van der Waals surface area (Å²) < 4.78 is 1.85. The molecule has 1 aromatic heterocycles. The van der Waals surface area contributed by atoms with Crippen molar-refractivity contribution in [2.75, 3.05) is 12.3 Å². The van der Waals surface area contributed by atoms with Crippen LogP contribution in [0, 0.1) is 0 Å². The average Bonchev–Trinajstić information content (AvgIpc) is 2.47. The van der Waals surface area contributed by atoms with E-state index in [0.717, 1.165) is 35.7 Å². The van der Waals surface area contributed by atoms with Crippen LogP contribution in [0.2, 0.25) is 0 Å². The van der Waals surface area contributed by atoms with E-state index in [4.69, 9.17) is 10.8 Å². The van der Waals surface area contributed by atoms with Crippen LogP contribution in [0.25, 0.3) is 0 Å². The van der Waals surface area contributed by atoms with Gasteiger partial charge in [0.15, 0.2) is 0 Å². The lowest BCUT2D eigenvalue weighted by Crippen LogP contribution is -2.03. The zero-order valence-electron chi connectivity index (χ0n) is 10.2. The van der Waals surface area contributed by atoms with Crippen LogP contribution < -0.4 is 5.73 Å². The fourth-order valence-electron chi connectivity index (χ4n) is 1.57. The number of anilines is 1. The highest BCUT2D eigenvalue weighted by molar-refractivity contribution is 8.00. The van der Waals surface area contributed by atoms with Gasteiger partial charge in [-0.25, -0.2) is 0 Å². The van der Waals surface area contributed by atoms with Crippen molar-refractivity contribution in [3.63, 3.8) is 0 Å². The van der Waals surface area contributed by atoms with Crippen molar-refractivity contribution < 1.29 is 5.11 Å². The van der Waals surface area contributed by atoms with Crippen molar-refractivity contribution in [3.8, 4) is 0 Å². The predicted octanol–water partition coefficient (Wildman–Crippen LogP) is 1.82. The first-order valence-corrected chi connectivity index (χ1v) is 6.57. The second kappa shape index (κ2) is 6.15. The van der Waals surface area contributed by atoms with Gasteiger partial charge in [0.25, 0.3) is 0 Å². The molecule has 16 heavy (non-hydrogen) atoms. The molecule has 92 valence electrons. The number of nitrogen functional groups attached to an aromatic ring is 1. The molecule has 0 fully saturated rings. The molecule has 0 bridgehead atoms. The molecular weight excluding hydrogens is 222 g/mol. The molecule has 0 aliphatic heterocycles. The van der Waals surface area contributed by atoms with Gasteiger partial charge in [0.2, 0.25) is 0 Å². The second-order valence-electron chi connectivity index (χ2n) is 3.98. The molecule has 1 rings (SSSR count). The van der Waals surface area contributed by atoms with E-state index in [1.807, 2.05) is 11.7 Å². The Hall–Kier alpha value is -0.680. The third kappa shape index (κ3) is 3.15. The first-order chi connectivity index (χ1) is 7.60. The maximum Gasteiger partial charge on any atom is 0.117 e. The molecule has 1 atom stereocenters. The minimum atomic E-state index is 0.216. The van der Waals surface area contributed by atoms with E-state index < -0.39 is 0 Å². The number of aliphatic hydroxyl groups excluding tert-OH is 1. The molecule has 0 spiro atoms. The van der Waals surface area contributed by atoms with E-state index in [9.17, 15) is 0 Å². The van der Waals surface area contributed by atoms with Crippen molar-refractivity contribution in [1.29, 1.82) is 0 Å². The van der Waals surface area contributed by atoms with Crippen molar-refractivity contribution in [2.45, 2.75) is 43.4 Å². The number of hydrogen-bond acceptors (Lipinski definition) is 4. The molecule has 1 aromatic rings. The minimum Gasteiger partial charge on any atom is -0.396 e. The summed E-state index contributed by atoms with van der Waals surface area (Å²) in [5.74, 6) is 0. The van der Waals surface area contributed by atoms with Crippen LogP contribution in [-0.2, 0) is 13.5 Å². The lowest BCUT2D eigenvalue weighted by molar-refractivity contribution is 0.289. The first-order valence-electron chi connectivity index (χ1n) is 5.69. The fraction of sp³-hybridized carbons (Fsp3) is 0.727. The molecule has 4 nitrogen and oxygen atoms in total. The van der Waals surface area contributed by atoms with Crippen molar-refractivity contribution >= 4 is 17.4 Å². The van der Waals surface area contributed by atoms with Crippen LogP contribution in [0.4, 0.5) is 5.69 Å². The number of thioether (sulfide) groups is 1. The van der Waals surface area contributed by atoms with Crippen LogP contribution in [0.1, 0.15) is 32.4 Å². The number of aliphatic hydroxyl groups is 1. The molecule has 0 aliphatic rings. The number of rotatable bonds is 6. The van der Waals surface area contributed by atoms with Crippen LogP contribution in [0.15, 0.2) is 5.03 Å².